The molecule has 0 spiro atoms. The molecule has 2 aromatic carbocycles. The minimum Gasteiger partial charge on any atom is -0.310 e. The van der Waals surface area contributed by atoms with Crippen LogP contribution in [0.3, 0.4) is 0 Å². The largest absolute Gasteiger partial charge is 0.310 e. The quantitative estimate of drug-likeness (QED) is 0.472. The van der Waals surface area contributed by atoms with Crippen LogP contribution in [0, 0.1) is 0 Å². The highest BCUT2D eigenvalue weighted by atomic mass is 35.5. The summed E-state index contributed by atoms with van der Waals surface area (Å²) in [6.07, 6.45) is 3.19. The second-order valence-electron chi connectivity index (χ2n) is 6.44. The van der Waals surface area contributed by atoms with E-state index in [0.717, 1.165) is 11.1 Å². The van der Waals surface area contributed by atoms with Gasteiger partial charge in [-0.3, -0.25) is 4.79 Å². The predicted octanol–water partition coefficient (Wildman–Crippen LogP) is 3.81. The third kappa shape index (κ3) is 2.75. The molecule has 0 N–H and O–H groups in total. The summed E-state index contributed by atoms with van der Waals surface area (Å²) in [5, 5.41) is 5.35. The number of nitrogens with zero attached hydrogens (tertiary/aromatic N) is 5. The highest BCUT2D eigenvalue weighted by Crippen LogP contribution is 2.27. The number of hydrogen-bond acceptors (Lipinski definition) is 4. The Morgan fingerprint density at radius 3 is 2.68 bits per heavy atom. The summed E-state index contributed by atoms with van der Waals surface area (Å²) in [6, 6.07) is 19.0. The molecule has 5 aromatic rings. The maximum absolute atomic E-state index is 13.4. The van der Waals surface area contributed by atoms with E-state index in [1.807, 2.05) is 54.6 Å². The molecule has 0 aliphatic carbocycles. The van der Waals surface area contributed by atoms with Gasteiger partial charge in [0.05, 0.1) is 23.1 Å². The van der Waals surface area contributed by atoms with Gasteiger partial charge in [-0.1, -0.05) is 54.1 Å². The monoisotopic (exact) mass is 387 g/mol. The van der Waals surface area contributed by atoms with E-state index in [4.69, 9.17) is 11.6 Å². The maximum Gasteiger partial charge on any atom is 0.262 e. The van der Waals surface area contributed by atoms with E-state index in [1.165, 1.54) is 6.33 Å². The van der Waals surface area contributed by atoms with Crippen molar-refractivity contribution >= 4 is 28.3 Å². The van der Waals surface area contributed by atoms with Crippen molar-refractivity contribution in [2.24, 2.45) is 0 Å². The Morgan fingerprint density at radius 1 is 1.00 bits per heavy atom. The van der Waals surface area contributed by atoms with Crippen LogP contribution in [-0.4, -0.2) is 24.1 Å². The first-order valence-electron chi connectivity index (χ1n) is 8.73. The van der Waals surface area contributed by atoms with E-state index in [1.54, 1.807) is 21.3 Å². The van der Waals surface area contributed by atoms with E-state index in [-0.39, 0.29) is 5.56 Å². The molecule has 3 heterocycles. The van der Waals surface area contributed by atoms with Crippen LogP contribution in [0.5, 0.6) is 0 Å². The lowest BCUT2D eigenvalue weighted by molar-refractivity contribution is 0.766. The van der Waals surface area contributed by atoms with Crippen molar-refractivity contribution in [1.29, 1.82) is 0 Å². The third-order valence-electron chi connectivity index (χ3n) is 4.64. The van der Waals surface area contributed by atoms with Crippen molar-refractivity contribution in [3.63, 3.8) is 0 Å². The molecule has 6 nitrogen and oxygen atoms in total. The van der Waals surface area contributed by atoms with Crippen LogP contribution in [0.2, 0.25) is 5.02 Å². The first-order valence-corrected chi connectivity index (χ1v) is 9.11. The zero-order valence-electron chi connectivity index (χ0n) is 14.7. The van der Waals surface area contributed by atoms with Crippen LogP contribution in [0.15, 0.2) is 78.0 Å². The van der Waals surface area contributed by atoms with Gasteiger partial charge in [0.1, 0.15) is 6.33 Å². The Bertz CT molecular complexity index is 1370. The molecule has 0 saturated carbocycles. The summed E-state index contributed by atoms with van der Waals surface area (Å²) in [5.74, 6) is 0.433. The van der Waals surface area contributed by atoms with E-state index in [2.05, 4.69) is 15.1 Å². The molecule has 136 valence electrons. The smallest absolute Gasteiger partial charge is 0.262 e. The van der Waals surface area contributed by atoms with Crippen LogP contribution in [-0.2, 0) is 6.54 Å². The van der Waals surface area contributed by atoms with Crippen LogP contribution in [0.4, 0.5) is 0 Å². The molecule has 28 heavy (non-hydrogen) atoms. The molecule has 0 aliphatic rings. The lowest BCUT2D eigenvalue weighted by Gasteiger charge is -2.12. The molecule has 0 unspecified atom stereocenters. The molecule has 0 fully saturated rings. The number of hydrogen-bond donors (Lipinski definition) is 0. The first-order chi connectivity index (χ1) is 13.7. The number of fused-ring (bicyclic) bond motifs is 2. The molecule has 5 rings (SSSR count). The van der Waals surface area contributed by atoms with Gasteiger partial charge in [-0.05, 0) is 23.8 Å². The van der Waals surface area contributed by atoms with Crippen LogP contribution in [0.25, 0.3) is 27.9 Å². The van der Waals surface area contributed by atoms with Crippen molar-refractivity contribution < 1.29 is 0 Å². The van der Waals surface area contributed by atoms with Gasteiger partial charge in [-0.25, -0.2) is 4.98 Å². The average Bonchev–Trinajstić information content (AvgIpc) is 3.17. The highest BCUT2D eigenvalue weighted by molar-refractivity contribution is 6.30. The fraction of sp³-hybridized carbons (Fsp3) is 0.0476. The number of aromatic nitrogens is 5. The molecular formula is C21H14ClN5O. The summed E-state index contributed by atoms with van der Waals surface area (Å²) in [6.45, 7) is 0.472. The van der Waals surface area contributed by atoms with Gasteiger partial charge < -0.3 is 4.57 Å². The Balaban J connectivity index is 1.83. The molecule has 0 amide bonds. The van der Waals surface area contributed by atoms with Crippen molar-refractivity contribution in [3.8, 4) is 11.3 Å². The van der Waals surface area contributed by atoms with Crippen molar-refractivity contribution in [3.05, 3.63) is 94.1 Å². The molecule has 0 aliphatic heterocycles. The van der Waals surface area contributed by atoms with Crippen molar-refractivity contribution in [2.75, 3.05) is 0 Å². The fourth-order valence-electron chi connectivity index (χ4n) is 3.37. The lowest BCUT2D eigenvalue weighted by Crippen LogP contribution is -2.22. The van der Waals surface area contributed by atoms with E-state index in [9.17, 15) is 4.79 Å². The molecule has 3 aromatic heterocycles. The maximum atomic E-state index is 13.4. The molecule has 0 radical (unpaired) electrons. The number of pyridine rings is 1. The predicted molar refractivity (Wildman–Crippen MR) is 109 cm³/mol. The Kier molecular flexibility index (Phi) is 3.91. The zero-order chi connectivity index (χ0) is 19.1. The molecular weight excluding hydrogens is 374 g/mol. The van der Waals surface area contributed by atoms with Gasteiger partial charge in [0.2, 0.25) is 0 Å². The number of halogens is 1. The van der Waals surface area contributed by atoms with Crippen molar-refractivity contribution in [1.82, 2.24) is 24.1 Å². The van der Waals surface area contributed by atoms with Crippen LogP contribution >= 0.6 is 11.6 Å². The number of rotatable bonds is 3. The second kappa shape index (κ2) is 6.58. The normalized spacial score (nSPS) is 11.3. The highest BCUT2D eigenvalue weighted by Gasteiger charge is 2.17. The molecule has 0 saturated heterocycles. The standard InChI is InChI=1S/C21H14ClN5O/c22-16-8-4-7-15(11-16)19-18-17(25-21-23-13-24-27(19)21)9-10-26(20(18)28)12-14-5-2-1-3-6-14/h1-11,13H,12H2. The van der Waals surface area contributed by atoms with Gasteiger partial charge in [-0.2, -0.15) is 14.6 Å². The van der Waals surface area contributed by atoms with Crippen LogP contribution < -0.4 is 5.56 Å². The van der Waals surface area contributed by atoms with Crippen LogP contribution in [0.1, 0.15) is 5.56 Å². The summed E-state index contributed by atoms with van der Waals surface area (Å²) in [5.41, 5.74) is 2.89. The third-order valence-corrected chi connectivity index (χ3v) is 4.87. The van der Waals surface area contributed by atoms with E-state index in [0.29, 0.717) is 33.9 Å². The minimum absolute atomic E-state index is 0.138. The van der Waals surface area contributed by atoms with Gasteiger partial charge in [-0.15, -0.1) is 0 Å². The Morgan fingerprint density at radius 2 is 1.86 bits per heavy atom. The van der Waals surface area contributed by atoms with E-state index < -0.39 is 0 Å². The van der Waals surface area contributed by atoms with Gasteiger partial charge in [0.25, 0.3) is 11.3 Å². The van der Waals surface area contributed by atoms with E-state index >= 15 is 0 Å². The molecule has 0 atom stereocenters. The molecule has 7 heteroatoms. The summed E-state index contributed by atoms with van der Waals surface area (Å²) < 4.78 is 3.26. The Labute approximate surface area is 164 Å². The summed E-state index contributed by atoms with van der Waals surface area (Å²) >= 11 is 6.21. The van der Waals surface area contributed by atoms with Crippen molar-refractivity contribution in [2.45, 2.75) is 6.54 Å². The first kappa shape index (κ1) is 16.6. The average molecular weight is 388 g/mol. The lowest BCUT2D eigenvalue weighted by atomic mass is 10.1. The topological polar surface area (TPSA) is 65.1 Å². The van der Waals surface area contributed by atoms with Gasteiger partial charge in [0.15, 0.2) is 0 Å². The van der Waals surface area contributed by atoms with Gasteiger partial charge in [0, 0.05) is 16.8 Å². The summed E-state index contributed by atoms with van der Waals surface area (Å²) in [7, 11) is 0. The summed E-state index contributed by atoms with van der Waals surface area (Å²) in [4.78, 5) is 22.1. The second-order valence-corrected chi connectivity index (χ2v) is 6.87. The SMILES string of the molecule is O=c1c2c(-c3cccc(Cl)c3)n3ncnc3nc2ccn1Cc1ccccc1. The van der Waals surface area contributed by atoms with Gasteiger partial charge >= 0.3 is 0 Å². The minimum atomic E-state index is -0.138. The zero-order valence-corrected chi connectivity index (χ0v) is 15.4. The number of benzene rings is 2. The Hall–Kier alpha value is -3.51. The molecule has 0 bridgehead atoms. The fourth-order valence-corrected chi connectivity index (χ4v) is 3.56.